The van der Waals surface area contributed by atoms with Gasteiger partial charge in [0.05, 0.1) is 0 Å². The van der Waals surface area contributed by atoms with Crippen molar-refractivity contribution in [3.8, 4) is 0 Å². The fourth-order valence-corrected chi connectivity index (χ4v) is 1.15. The first-order chi connectivity index (χ1) is 4.74. The Bertz CT molecular complexity index is 228. The molecule has 57 valence electrons. The predicted molar refractivity (Wildman–Crippen MR) is 44.1 cm³/mol. The molecule has 0 aliphatic rings. The third kappa shape index (κ3) is 3.05. The zero-order chi connectivity index (χ0) is 7.56. The second-order valence-corrected chi connectivity index (χ2v) is 2.65. The molecular weight excluding hydrogens is 209 g/mol. The first kappa shape index (κ1) is 11.3. The summed E-state index contributed by atoms with van der Waals surface area (Å²) in [5.74, 6) is 0. The van der Waals surface area contributed by atoms with E-state index in [0.29, 0.717) is 0 Å². The molecule has 0 aliphatic heterocycles. The van der Waals surface area contributed by atoms with Crippen molar-refractivity contribution in [1.82, 2.24) is 0 Å². The maximum absolute atomic E-state index is 3.29. The molecule has 1 heteroatoms. The normalized spacial score (nSPS) is 9.00. The first-order valence-corrected chi connectivity index (χ1v) is 3.72. The summed E-state index contributed by atoms with van der Waals surface area (Å²) in [6.07, 6.45) is 1.11. The van der Waals surface area contributed by atoms with Gasteiger partial charge in [0.15, 0.2) is 0 Å². The van der Waals surface area contributed by atoms with Crippen LogP contribution in [0.4, 0.5) is 0 Å². The van der Waals surface area contributed by atoms with Crippen LogP contribution < -0.4 is 0 Å². The van der Waals surface area contributed by atoms with E-state index in [1.807, 2.05) is 0 Å². The molecule has 1 rings (SSSR count). The SMILES string of the molecule is CCc1ccc(C)[c-]c1C.[Y]. The van der Waals surface area contributed by atoms with E-state index in [0.717, 1.165) is 6.42 Å². The summed E-state index contributed by atoms with van der Waals surface area (Å²) in [7, 11) is 0. The summed E-state index contributed by atoms with van der Waals surface area (Å²) in [5, 5.41) is 0. The molecular formula is C10H13Y-. The third-order valence-electron chi connectivity index (χ3n) is 1.78. The Morgan fingerprint density at radius 1 is 1.27 bits per heavy atom. The van der Waals surface area contributed by atoms with Crippen molar-refractivity contribution < 1.29 is 32.7 Å². The summed E-state index contributed by atoms with van der Waals surface area (Å²) < 4.78 is 0. The Morgan fingerprint density at radius 3 is 2.36 bits per heavy atom. The van der Waals surface area contributed by atoms with Crippen molar-refractivity contribution in [1.29, 1.82) is 0 Å². The zero-order valence-corrected chi connectivity index (χ0v) is 10.3. The molecule has 0 heterocycles. The van der Waals surface area contributed by atoms with Crippen LogP contribution in [0, 0.1) is 19.9 Å². The summed E-state index contributed by atoms with van der Waals surface area (Å²) in [5.41, 5.74) is 3.93. The molecule has 0 spiro atoms. The van der Waals surface area contributed by atoms with Gasteiger partial charge in [-0.2, -0.15) is 34.9 Å². The van der Waals surface area contributed by atoms with Gasteiger partial charge in [-0.25, -0.2) is 0 Å². The molecule has 0 fully saturated rings. The molecule has 0 N–H and O–H groups in total. The average Bonchev–Trinajstić information content (AvgIpc) is 1.88. The number of hydrogen-bond donors (Lipinski definition) is 0. The maximum Gasteiger partial charge on any atom is 0 e. The summed E-state index contributed by atoms with van der Waals surface area (Å²) >= 11 is 0. The van der Waals surface area contributed by atoms with E-state index >= 15 is 0 Å². The van der Waals surface area contributed by atoms with E-state index in [4.69, 9.17) is 0 Å². The summed E-state index contributed by atoms with van der Waals surface area (Å²) in [4.78, 5) is 0. The summed E-state index contributed by atoms with van der Waals surface area (Å²) in [6.45, 7) is 6.36. The van der Waals surface area contributed by atoms with Gasteiger partial charge in [0.2, 0.25) is 0 Å². The van der Waals surface area contributed by atoms with Gasteiger partial charge in [0, 0.05) is 32.7 Å². The van der Waals surface area contributed by atoms with Gasteiger partial charge in [-0.05, 0) is 0 Å². The van der Waals surface area contributed by atoms with Crippen LogP contribution in [-0.4, -0.2) is 0 Å². The monoisotopic (exact) mass is 222 g/mol. The van der Waals surface area contributed by atoms with Crippen LogP contribution >= 0.6 is 0 Å². The Labute approximate surface area is 94.3 Å². The number of benzene rings is 1. The summed E-state index contributed by atoms with van der Waals surface area (Å²) in [6, 6.07) is 7.59. The molecule has 0 unspecified atom stereocenters. The molecule has 0 nitrogen and oxygen atoms in total. The molecule has 1 aromatic carbocycles. The van der Waals surface area contributed by atoms with Gasteiger partial charge in [-0.1, -0.05) is 27.2 Å². The topological polar surface area (TPSA) is 0 Å². The average molecular weight is 222 g/mol. The van der Waals surface area contributed by atoms with Gasteiger partial charge in [-0.15, -0.1) is 0 Å². The minimum absolute atomic E-state index is 0. The Kier molecular flexibility index (Phi) is 5.20. The Morgan fingerprint density at radius 2 is 1.91 bits per heavy atom. The number of aryl methyl sites for hydroxylation is 3. The second kappa shape index (κ2) is 5.06. The quantitative estimate of drug-likeness (QED) is 0.641. The fourth-order valence-electron chi connectivity index (χ4n) is 1.15. The zero-order valence-electron chi connectivity index (χ0n) is 7.44. The molecule has 0 atom stereocenters. The predicted octanol–water partition coefficient (Wildman–Crippen LogP) is 2.66. The van der Waals surface area contributed by atoms with Crippen LogP contribution in [0.15, 0.2) is 12.1 Å². The molecule has 1 radical (unpaired) electrons. The largest absolute Gasteiger partial charge is 0.177 e. The van der Waals surface area contributed by atoms with Crippen LogP contribution in [0.25, 0.3) is 0 Å². The van der Waals surface area contributed by atoms with Crippen molar-refractivity contribution in [2.45, 2.75) is 27.2 Å². The van der Waals surface area contributed by atoms with Crippen LogP contribution in [0.5, 0.6) is 0 Å². The molecule has 0 saturated carbocycles. The molecule has 0 aromatic heterocycles. The molecule has 11 heavy (non-hydrogen) atoms. The molecule has 0 bridgehead atoms. The van der Waals surface area contributed by atoms with Crippen molar-refractivity contribution in [2.24, 2.45) is 0 Å². The molecule has 0 aliphatic carbocycles. The van der Waals surface area contributed by atoms with Gasteiger partial charge in [0.25, 0.3) is 0 Å². The first-order valence-electron chi connectivity index (χ1n) is 3.72. The van der Waals surface area contributed by atoms with Crippen molar-refractivity contribution in [2.75, 3.05) is 0 Å². The van der Waals surface area contributed by atoms with Crippen LogP contribution in [-0.2, 0) is 39.1 Å². The minimum Gasteiger partial charge on any atom is -0.177 e. The van der Waals surface area contributed by atoms with Gasteiger partial charge >= 0.3 is 0 Å². The smallest absolute Gasteiger partial charge is 0 e. The van der Waals surface area contributed by atoms with Gasteiger partial charge in [-0.3, -0.25) is 0 Å². The second-order valence-electron chi connectivity index (χ2n) is 2.65. The number of hydrogen-bond acceptors (Lipinski definition) is 0. The van der Waals surface area contributed by atoms with Crippen molar-refractivity contribution in [3.05, 3.63) is 34.9 Å². The molecule has 1 aromatic rings. The van der Waals surface area contributed by atoms with E-state index in [1.54, 1.807) is 0 Å². The van der Waals surface area contributed by atoms with Crippen LogP contribution in [0.1, 0.15) is 23.6 Å². The maximum atomic E-state index is 3.29. The van der Waals surface area contributed by atoms with Crippen molar-refractivity contribution in [3.63, 3.8) is 0 Å². The standard InChI is InChI=1S/C10H13.Y/c1-4-10-6-5-8(2)7-9(10)3;/h5-6H,4H2,1-3H3;/q-1;. The van der Waals surface area contributed by atoms with E-state index < -0.39 is 0 Å². The van der Waals surface area contributed by atoms with E-state index in [1.165, 1.54) is 16.7 Å². The number of rotatable bonds is 1. The van der Waals surface area contributed by atoms with Crippen molar-refractivity contribution >= 4 is 0 Å². The fraction of sp³-hybridized carbons (Fsp3) is 0.400. The third-order valence-corrected chi connectivity index (χ3v) is 1.78. The van der Waals surface area contributed by atoms with Gasteiger partial charge in [0.1, 0.15) is 0 Å². The Balaban J connectivity index is 0.000001000. The van der Waals surface area contributed by atoms with E-state index in [9.17, 15) is 0 Å². The van der Waals surface area contributed by atoms with Crippen LogP contribution in [0.2, 0.25) is 0 Å². The van der Waals surface area contributed by atoms with E-state index in [-0.39, 0.29) is 32.7 Å². The van der Waals surface area contributed by atoms with E-state index in [2.05, 4.69) is 39.0 Å². The van der Waals surface area contributed by atoms with Crippen LogP contribution in [0.3, 0.4) is 0 Å². The minimum atomic E-state index is 0. The van der Waals surface area contributed by atoms with Gasteiger partial charge < -0.3 is 0 Å². The molecule has 0 amide bonds. The Hall–Kier alpha value is 0.324. The molecule has 0 saturated heterocycles.